The summed E-state index contributed by atoms with van der Waals surface area (Å²) in [6.45, 7) is 8.12. The second kappa shape index (κ2) is 5.21. The van der Waals surface area contributed by atoms with E-state index in [4.69, 9.17) is 0 Å². The van der Waals surface area contributed by atoms with Crippen LogP contribution in [-0.2, 0) is 0 Å². The van der Waals surface area contributed by atoms with E-state index in [-0.39, 0.29) is 11.3 Å². The van der Waals surface area contributed by atoms with Crippen molar-refractivity contribution in [1.29, 1.82) is 0 Å². The van der Waals surface area contributed by atoms with Crippen LogP contribution in [0.4, 0.5) is 5.69 Å². The summed E-state index contributed by atoms with van der Waals surface area (Å²) in [5.41, 5.74) is 1.80. The van der Waals surface area contributed by atoms with E-state index in [0.29, 0.717) is 0 Å². The van der Waals surface area contributed by atoms with E-state index in [1.54, 1.807) is 6.92 Å². The Labute approximate surface area is 112 Å². The lowest BCUT2D eigenvalue weighted by molar-refractivity contribution is 0.101. The maximum absolute atomic E-state index is 11.7. The zero-order chi connectivity index (χ0) is 13.2. The monoisotopic (exact) mass is 297 g/mol. The number of rotatable bonds is 4. The molecule has 0 bridgehead atoms. The van der Waals surface area contributed by atoms with Crippen LogP contribution in [0.25, 0.3) is 0 Å². The van der Waals surface area contributed by atoms with Crippen LogP contribution in [0.5, 0.6) is 0 Å². The van der Waals surface area contributed by atoms with Gasteiger partial charge in [-0.05, 0) is 45.4 Å². The molecule has 0 radical (unpaired) electrons. The zero-order valence-corrected chi connectivity index (χ0v) is 12.8. The molecule has 0 aliphatic carbocycles. The predicted molar refractivity (Wildman–Crippen MR) is 76.9 cm³/mol. The summed E-state index contributed by atoms with van der Waals surface area (Å²) in [5, 5.41) is 0. The Morgan fingerprint density at radius 2 is 2.00 bits per heavy atom. The molecule has 0 saturated carbocycles. The maximum atomic E-state index is 11.7. The number of nitrogens with zero attached hydrogens (tertiary/aromatic N) is 1. The lowest BCUT2D eigenvalue weighted by atomic mass is 9.97. The molecular weight excluding hydrogens is 278 g/mol. The van der Waals surface area contributed by atoms with Gasteiger partial charge in [-0.25, -0.2) is 0 Å². The molecule has 0 fully saturated rings. The smallest absolute Gasteiger partial charge is 0.161 e. The van der Waals surface area contributed by atoms with Gasteiger partial charge in [0.05, 0.1) is 0 Å². The molecule has 0 aliphatic heterocycles. The number of hydrogen-bond donors (Lipinski definition) is 0. The van der Waals surface area contributed by atoms with Gasteiger partial charge in [-0.3, -0.25) is 4.79 Å². The van der Waals surface area contributed by atoms with Crippen LogP contribution in [0, 0.1) is 0 Å². The molecule has 94 valence electrons. The van der Waals surface area contributed by atoms with Crippen LogP contribution in [-0.4, -0.2) is 18.4 Å². The van der Waals surface area contributed by atoms with Crippen LogP contribution in [0.2, 0.25) is 0 Å². The summed E-state index contributed by atoms with van der Waals surface area (Å²) >= 11 is 3.41. The van der Waals surface area contributed by atoms with E-state index in [1.165, 1.54) is 0 Å². The number of halogens is 1. The van der Waals surface area contributed by atoms with Crippen molar-refractivity contribution < 1.29 is 4.79 Å². The Balaban J connectivity index is 3.26. The van der Waals surface area contributed by atoms with E-state index in [9.17, 15) is 4.79 Å². The van der Waals surface area contributed by atoms with Crippen LogP contribution in [0.15, 0.2) is 22.7 Å². The second-order valence-corrected chi connectivity index (χ2v) is 5.86. The van der Waals surface area contributed by atoms with Gasteiger partial charge >= 0.3 is 0 Å². The van der Waals surface area contributed by atoms with Gasteiger partial charge in [0.25, 0.3) is 0 Å². The van der Waals surface area contributed by atoms with E-state index in [1.807, 2.05) is 25.2 Å². The number of anilines is 1. The molecule has 0 aromatic heterocycles. The number of carbonyl (C=O) groups excluding carboxylic acids is 1. The number of hydrogen-bond acceptors (Lipinski definition) is 2. The number of Topliss-reactive ketones (excluding diaryl/α,β-unsaturated/α-hetero) is 1. The highest BCUT2D eigenvalue weighted by Gasteiger charge is 2.24. The largest absolute Gasteiger partial charge is 0.369 e. The third-order valence-electron chi connectivity index (χ3n) is 3.47. The van der Waals surface area contributed by atoms with Crippen molar-refractivity contribution in [3.8, 4) is 0 Å². The Hall–Kier alpha value is -0.830. The molecule has 0 saturated heterocycles. The zero-order valence-electron chi connectivity index (χ0n) is 11.2. The minimum absolute atomic E-state index is 0.0397. The first kappa shape index (κ1) is 14.2. The van der Waals surface area contributed by atoms with E-state index < -0.39 is 0 Å². The normalized spacial score (nSPS) is 11.4. The highest BCUT2D eigenvalue weighted by Crippen LogP contribution is 2.30. The topological polar surface area (TPSA) is 20.3 Å². The molecule has 0 spiro atoms. The molecule has 0 unspecified atom stereocenters. The number of carbonyl (C=O) groups is 1. The van der Waals surface area contributed by atoms with Crippen molar-refractivity contribution in [3.05, 3.63) is 28.2 Å². The van der Waals surface area contributed by atoms with Gasteiger partial charge in [0.1, 0.15) is 0 Å². The molecule has 0 aliphatic rings. The molecule has 0 N–H and O–H groups in total. The van der Waals surface area contributed by atoms with Crippen LogP contribution in [0.1, 0.15) is 44.5 Å². The molecule has 2 nitrogen and oxygen atoms in total. The standard InChI is InChI=1S/C14H20BrNO/c1-6-14(3,4)16(5)13-8-7-11(15)9-12(13)10(2)17/h7-9H,6H2,1-5H3. The minimum Gasteiger partial charge on any atom is -0.369 e. The van der Waals surface area contributed by atoms with Crippen molar-refractivity contribution in [1.82, 2.24) is 0 Å². The fourth-order valence-corrected chi connectivity index (χ4v) is 2.01. The van der Waals surface area contributed by atoms with Gasteiger partial charge in [-0.1, -0.05) is 22.9 Å². The fraction of sp³-hybridized carbons (Fsp3) is 0.500. The first-order valence-corrected chi connectivity index (χ1v) is 6.63. The van der Waals surface area contributed by atoms with Gasteiger partial charge in [0.2, 0.25) is 0 Å². The van der Waals surface area contributed by atoms with Crippen molar-refractivity contribution in [3.63, 3.8) is 0 Å². The molecule has 0 amide bonds. The Kier molecular flexibility index (Phi) is 4.36. The van der Waals surface area contributed by atoms with Gasteiger partial charge < -0.3 is 4.90 Å². The molecule has 1 aromatic rings. The van der Waals surface area contributed by atoms with Crippen molar-refractivity contribution in [2.24, 2.45) is 0 Å². The average Bonchev–Trinajstić information content (AvgIpc) is 2.28. The molecule has 17 heavy (non-hydrogen) atoms. The molecule has 3 heteroatoms. The molecule has 1 rings (SSSR count). The number of benzene rings is 1. The first-order valence-electron chi connectivity index (χ1n) is 5.84. The lowest BCUT2D eigenvalue weighted by Crippen LogP contribution is -2.41. The van der Waals surface area contributed by atoms with Gasteiger partial charge in [0, 0.05) is 28.3 Å². The first-order chi connectivity index (χ1) is 7.79. The minimum atomic E-state index is 0.0397. The summed E-state index contributed by atoms with van der Waals surface area (Å²) in [6.07, 6.45) is 1.02. The summed E-state index contributed by atoms with van der Waals surface area (Å²) in [7, 11) is 2.04. The van der Waals surface area contributed by atoms with Crippen LogP contribution in [0.3, 0.4) is 0 Å². The van der Waals surface area contributed by atoms with Gasteiger partial charge in [-0.15, -0.1) is 0 Å². The van der Waals surface area contributed by atoms with Crippen LogP contribution < -0.4 is 4.90 Å². The van der Waals surface area contributed by atoms with E-state index >= 15 is 0 Å². The molecule has 0 heterocycles. The van der Waals surface area contributed by atoms with Crippen molar-refractivity contribution in [2.45, 2.75) is 39.7 Å². The van der Waals surface area contributed by atoms with E-state index in [2.05, 4.69) is 41.6 Å². The van der Waals surface area contributed by atoms with Gasteiger partial charge in [0.15, 0.2) is 5.78 Å². The molecule has 1 aromatic carbocycles. The maximum Gasteiger partial charge on any atom is 0.161 e. The lowest BCUT2D eigenvalue weighted by Gasteiger charge is -2.37. The molecular formula is C14H20BrNO. The second-order valence-electron chi connectivity index (χ2n) is 4.94. The fourth-order valence-electron chi connectivity index (χ4n) is 1.65. The Morgan fingerprint density at radius 3 is 2.47 bits per heavy atom. The van der Waals surface area contributed by atoms with Crippen molar-refractivity contribution >= 4 is 27.4 Å². The third-order valence-corrected chi connectivity index (χ3v) is 3.97. The molecule has 0 atom stereocenters. The average molecular weight is 298 g/mol. The summed E-state index contributed by atoms with van der Waals surface area (Å²) in [6, 6.07) is 5.86. The highest BCUT2D eigenvalue weighted by molar-refractivity contribution is 9.10. The summed E-state index contributed by atoms with van der Waals surface area (Å²) < 4.78 is 0.939. The Morgan fingerprint density at radius 1 is 1.41 bits per heavy atom. The van der Waals surface area contributed by atoms with E-state index in [0.717, 1.165) is 22.1 Å². The van der Waals surface area contributed by atoms with Gasteiger partial charge in [-0.2, -0.15) is 0 Å². The van der Waals surface area contributed by atoms with Crippen LogP contribution >= 0.6 is 15.9 Å². The van der Waals surface area contributed by atoms with Crippen molar-refractivity contribution in [2.75, 3.05) is 11.9 Å². The SMILES string of the molecule is CCC(C)(C)N(C)c1ccc(Br)cc1C(C)=O. The number of ketones is 1. The third kappa shape index (κ3) is 3.09. The quantitative estimate of drug-likeness (QED) is 0.773. The summed E-state index contributed by atoms with van der Waals surface area (Å²) in [5.74, 6) is 0.0973. The summed E-state index contributed by atoms with van der Waals surface area (Å²) in [4.78, 5) is 13.9. The predicted octanol–water partition coefficient (Wildman–Crippen LogP) is 4.28. The highest BCUT2D eigenvalue weighted by atomic mass is 79.9. The Bertz CT molecular complexity index is 426.